The van der Waals surface area contributed by atoms with Gasteiger partial charge in [0.1, 0.15) is 6.04 Å². The number of amides is 2. The number of carbonyl (C=O) groups is 3. The monoisotopic (exact) mass is 394 g/mol. The van der Waals surface area contributed by atoms with Crippen LogP contribution in [0.15, 0.2) is 12.2 Å². The first-order chi connectivity index (χ1) is 13.4. The van der Waals surface area contributed by atoms with Gasteiger partial charge in [0.2, 0.25) is 11.8 Å². The molecule has 2 amide bonds. The van der Waals surface area contributed by atoms with Gasteiger partial charge in [-0.15, -0.1) is 0 Å². The van der Waals surface area contributed by atoms with Crippen molar-refractivity contribution in [1.29, 1.82) is 0 Å². The fourth-order valence-corrected chi connectivity index (χ4v) is 4.45. The number of carbonyl (C=O) groups excluding carboxylic acids is 3. The zero-order valence-electron chi connectivity index (χ0n) is 17.4. The Kier molecular flexibility index (Phi) is 8.04. The van der Waals surface area contributed by atoms with E-state index in [0.717, 1.165) is 6.42 Å². The van der Waals surface area contributed by atoms with Crippen LogP contribution in [-0.4, -0.2) is 59.6 Å². The quantitative estimate of drug-likeness (QED) is 0.351. The third kappa shape index (κ3) is 4.57. The van der Waals surface area contributed by atoms with Crippen molar-refractivity contribution in [2.24, 2.45) is 23.7 Å². The molecule has 5 atom stereocenters. The standard InChI is InChI=1S/C21H34N2O5/c1-5-14-9-10-15-17(16(14)21(27)28-6-2)20(26)23(11-7-8-12-24)18(15)19(25)22-13(3)4/h9-10,13-18,24H,5-8,11-12H2,1-4H3,(H,22,25)/t14-,15+,16-,17-,18+/m1/s1. The number of nitrogens with one attached hydrogen (secondary N) is 1. The average Bonchev–Trinajstić information content (AvgIpc) is 2.93. The Bertz CT molecular complexity index is 604. The molecule has 0 aromatic heterocycles. The molecule has 1 heterocycles. The van der Waals surface area contributed by atoms with Crippen molar-refractivity contribution in [2.75, 3.05) is 19.8 Å². The Morgan fingerprint density at radius 3 is 2.54 bits per heavy atom. The van der Waals surface area contributed by atoms with E-state index in [4.69, 9.17) is 9.84 Å². The fraction of sp³-hybridized carbons (Fsp3) is 0.762. The second kappa shape index (κ2) is 10.0. The first-order valence-corrected chi connectivity index (χ1v) is 10.4. The van der Waals surface area contributed by atoms with Crippen LogP contribution in [0.1, 0.15) is 47.0 Å². The summed E-state index contributed by atoms with van der Waals surface area (Å²) in [5.74, 6) is -2.28. The van der Waals surface area contributed by atoms with Crippen molar-refractivity contribution in [1.82, 2.24) is 10.2 Å². The van der Waals surface area contributed by atoms with Crippen molar-refractivity contribution in [3.63, 3.8) is 0 Å². The summed E-state index contributed by atoms with van der Waals surface area (Å²) < 4.78 is 5.29. The third-order valence-electron chi connectivity index (χ3n) is 5.65. The van der Waals surface area contributed by atoms with Crippen LogP contribution < -0.4 is 5.32 Å². The molecular weight excluding hydrogens is 360 g/mol. The topological polar surface area (TPSA) is 95.9 Å². The Morgan fingerprint density at radius 1 is 1.25 bits per heavy atom. The summed E-state index contributed by atoms with van der Waals surface area (Å²) in [6.07, 6.45) is 5.82. The SMILES string of the molecule is CCOC(=O)[C@H]1[C@@H]2C(=O)N(CCCCO)[C@H](C(=O)NC(C)C)[C@H]2C=C[C@H]1CC. The van der Waals surface area contributed by atoms with E-state index >= 15 is 0 Å². The molecule has 1 aliphatic heterocycles. The average molecular weight is 395 g/mol. The normalized spacial score (nSPS) is 29.1. The van der Waals surface area contributed by atoms with Crippen molar-refractivity contribution >= 4 is 17.8 Å². The maximum Gasteiger partial charge on any atom is 0.310 e. The molecule has 0 aromatic rings. The van der Waals surface area contributed by atoms with Crippen LogP contribution in [0, 0.1) is 23.7 Å². The molecule has 0 aromatic carbocycles. The number of hydrogen-bond acceptors (Lipinski definition) is 5. The van der Waals surface area contributed by atoms with Gasteiger partial charge in [-0.25, -0.2) is 0 Å². The van der Waals surface area contributed by atoms with Crippen molar-refractivity contribution < 1.29 is 24.2 Å². The van der Waals surface area contributed by atoms with Gasteiger partial charge in [-0.3, -0.25) is 14.4 Å². The zero-order chi connectivity index (χ0) is 20.8. The number of rotatable bonds is 9. The van der Waals surface area contributed by atoms with Gasteiger partial charge >= 0.3 is 5.97 Å². The van der Waals surface area contributed by atoms with Crippen LogP contribution in [0.3, 0.4) is 0 Å². The van der Waals surface area contributed by atoms with Crippen LogP contribution >= 0.6 is 0 Å². The number of aliphatic hydroxyl groups excluding tert-OH is 1. The minimum Gasteiger partial charge on any atom is -0.466 e. The van der Waals surface area contributed by atoms with Gasteiger partial charge in [0.25, 0.3) is 0 Å². The summed E-state index contributed by atoms with van der Waals surface area (Å²) in [6, 6.07) is -0.678. The molecule has 1 aliphatic carbocycles. The summed E-state index contributed by atoms with van der Waals surface area (Å²) in [7, 11) is 0. The number of allylic oxidation sites excluding steroid dienone is 1. The van der Waals surface area contributed by atoms with E-state index < -0.39 is 17.9 Å². The van der Waals surface area contributed by atoms with Gasteiger partial charge in [0, 0.05) is 25.1 Å². The lowest BCUT2D eigenvalue weighted by atomic mass is 9.69. The Morgan fingerprint density at radius 2 is 1.96 bits per heavy atom. The molecule has 0 bridgehead atoms. The smallest absolute Gasteiger partial charge is 0.310 e. The Labute approximate surface area is 167 Å². The number of likely N-dealkylation sites (tertiary alicyclic amines) is 1. The molecule has 2 rings (SSSR count). The predicted octanol–water partition coefficient (Wildman–Crippen LogP) is 1.50. The lowest BCUT2D eigenvalue weighted by molar-refractivity contribution is -0.155. The van der Waals surface area contributed by atoms with Gasteiger partial charge in [-0.2, -0.15) is 0 Å². The lowest BCUT2D eigenvalue weighted by Crippen LogP contribution is -2.49. The minimum atomic E-state index is -0.635. The first kappa shape index (κ1) is 22.4. The number of hydrogen-bond donors (Lipinski definition) is 2. The summed E-state index contributed by atoms with van der Waals surface area (Å²) >= 11 is 0. The maximum absolute atomic E-state index is 13.4. The van der Waals surface area contributed by atoms with Crippen LogP contribution in [0.2, 0.25) is 0 Å². The molecule has 0 saturated carbocycles. The van der Waals surface area contributed by atoms with E-state index in [1.54, 1.807) is 11.8 Å². The van der Waals surface area contributed by atoms with Gasteiger partial charge in [-0.05, 0) is 46.0 Å². The number of fused-ring (bicyclic) bond motifs is 1. The first-order valence-electron chi connectivity index (χ1n) is 10.4. The Hall–Kier alpha value is -1.89. The highest BCUT2D eigenvalue weighted by Gasteiger charge is 2.57. The number of unbranched alkanes of at least 4 members (excludes halogenated alkanes) is 1. The van der Waals surface area contributed by atoms with Crippen LogP contribution in [0.5, 0.6) is 0 Å². The molecule has 0 radical (unpaired) electrons. The molecule has 158 valence electrons. The van der Waals surface area contributed by atoms with E-state index in [1.165, 1.54) is 0 Å². The maximum atomic E-state index is 13.4. The molecule has 2 aliphatic rings. The summed E-state index contributed by atoms with van der Waals surface area (Å²) in [4.78, 5) is 40.6. The van der Waals surface area contributed by atoms with E-state index in [-0.39, 0.29) is 48.9 Å². The van der Waals surface area contributed by atoms with Crippen molar-refractivity contribution in [2.45, 2.75) is 59.0 Å². The third-order valence-corrected chi connectivity index (χ3v) is 5.65. The van der Waals surface area contributed by atoms with Crippen molar-refractivity contribution in [3.05, 3.63) is 12.2 Å². The minimum absolute atomic E-state index is 0.0427. The highest BCUT2D eigenvalue weighted by Crippen LogP contribution is 2.45. The molecule has 7 heteroatoms. The van der Waals surface area contributed by atoms with E-state index in [0.29, 0.717) is 19.4 Å². The van der Waals surface area contributed by atoms with Gasteiger partial charge in [-0.1, -0.05) is 19.1 Å². The second-order valence-electron chi connectivity index (χ2n) is 7.91. The molecule has 2 N–H and O–H groups in total. The second-order valence-corrected chi connectivity index (χ2v) is 7.91. The van der Waals surface area contributed by atoms with Crippen LogP contribution in [0.4, 0.5) is 0 Å². The number of nitrogens with zero attached hydrogens (tertiary/aromatic N) is 1. The van der Waals surface area contributed by atoms with Gasteiger partial charge in [0.05, 0.1) is 18.4 Å². The molecule has 0 unspecified atom stereocenters. The van der Waals surface area contributed by atoms with Crippen molar-refractivity contribution in [3.8, 4) is 0 Å². The highest BCUT2D eigenvalue weighted by atomic mass is 16.5. The number of ether oxygens (including phenoxy) is 1. The molecule has 1 saturated heterocycles. The largest absolute Gasteiger partial charge is 0.466 e. The predicted molar refractivity (Wildman–Crippen MR) is 105 cm³/mol. The van der Waals surface area contributed by atoms with Gasteiger partial charge in [0.15, 0.2) is 0 Å². The Balaban J connectivity index is 2.39. The van der Waals surface area contributed by atoms with Crippen LogP contribution in [-0.2, 0) is 19.1 Å². The molecule has 28 heavy (non-hydrogen) atoms. The molecule has 7 nitrogen and oxygen atoms in total. The number of esters is 1. The fourth-order valence-electron chi connectivity index (χ4n) is 4.45. The van der Waals surface area contributed by atoms with Gasteiger partial charge < -0.3 is 20.1 Å². The highest BCUT2D eigenvalue weighted by molar-refractivity contribution is 5.96. The van der Waals surface area contributed by atoms with E-state index in [9.17, 15) is 14.4 Å². The van der Waals surface area contributed by atoms with Crippen LogP contribution in [0.25, 0.3) is 0 Å². The zero-order valence-corrected chi connectivity index (χ0v) is 17.4. The molecule has 0 spiro atoms. The lowest BCUT2D eigenvalue weighted by Gasteiger charge is -2.33. The molecule has 1 fully saturated rings. The summed E-state index contributed by atoms with van der Waals surface area (Å²) in [5.41, 5.74) is 0. The molecular formula is C21H34N2O5. The van der Waals surface area contributed by atoms with E-state index in [2.05, 4.69) is 5.32 Å². The van der Waals surface area contributed by atoms with E-state index in [1.807, 2.05) is 32.9 Å². The number of aliphatic hydroxyl groups is 1. The summed E-state index contributed by atoms with van der Waals surface area (Å²) in [6.45, 7) is 8.21. The summed E-state index contributed by atoms with van der Waals surface area (Å²) in [5, 5.41) is 12.0.